The number of hydrogen-bond donors (Lipinski definition) is 0. The molecule has 2 saturated heterocycles. The fourth-order valence-corrected chi connectivity index (χ4v) is 7.27. The van der Waals surface area contributed by atoms with Gasteiger partial charge in [0.2, 0.25) is 0 Å². The quantitative estimate of drug-likeness (QED) is 0.237. The van der Waals surface area contributed by atoms with Crippen LogP contribution >= 0.6 is 0 Å². The standard InChI is InChI=1S/C39H40N2O11.2Na/c1-38(2,3)51-36(49)40-15-13-21(18-40)30(43)27-31(44)22-11-9-19(16-24(22)33(27)46)29(42)20-10-12-23-25(17-20)34(47)28(32(23)45)35(48)26-8-7-14-41(26)37(50)52-39(4,5)6;;/h9-12,16-17,21,26-28H,7-8,13-15,18H2,1-6H3;;/t21-,26-,27?,28?;;/m1../s1. The maximum Gasteiger partial charge on any atom is 0.410 e. The van der Waals surface area contributed by atoms with Crippen molar-refractivity contribution in [2.24, 2.45) is 17.8 Å². The third-order valence-electron chi connectivity index (χ3n) is 9.69. The number of carbonyl (C=O) groups excluding carboxylic acids is 9. The molecular weight excluding hydrogens is 718 g/mol. The molecule has 15 heteroatoms. The van der Waals surface area contributed by atoms with E-state index < -0.39 is 87.7 Å². The number of benzene rings is 2. The van der Waals surface area contributed by atoms with Crippen LogP contribution in [0.3, 0.4) is 0 Å². The van der Waals surface area contributed by atoms with Crippen LogP contribution in [0.5, 0.6) is 0 Å². The summed E-state index contributed by atoms with van der Waals surface area (Å²) in [5.41, 5.74) is -1.74. The molecule has 4 atom stereocenters. The number of hydrogen-bond acceptors (Lipinski definition) is 11. The molecule has 0 spiro atoms. The summed E-state index contributed by atoms with van der Waals surface area (Å²) in [5, 5.41) is 0. The summed E-state index contributed by atoms with van der Waals surface area (Å²) in [4.78, 5) is 122. The molecule has 0 saturated carbocycles. The topological polar surface area (TPSA) is 179 Å². The zero-order valence-electron chi connectivity index (χ0n) is 31.9. The summed E-state index contributed by atoms with van der Waals surface area (Å²) in [6.45, 7) is 10.7. The Morgan fingerprint density at radius 1 is 0.611 bits per heavy atom. The minimum absolute atomic E-state index is 0. The van der Waals surface area contributed by atoms with Gasteiger partial charge in [-0.15, -0.1) is 0 Å². The number of carbonyl (C=O) groups is 9. The largest absolute Gasteiger partial charge is 0.444 e. The average Bonchev–Trinajstić information content (AvgIpc) is 3.85. The van der Waals surface area contributed by atoms with E-state index in [2.05, 4.69) is 0 Å². The predicted molar refractivity (Wildman–Crippen MR) is 194 cm³/mol. The number of nitrogens with zero attached hydrogens (tertiary/aromatic N) is 2. The van der Waals surface area contributed by atoms with Gasteiger partial charge in [0.05, 0.1) is 6.04 Å². The van der Waals surface area contributed by atoms with E-state index in [9.17, 15) is 43.2 Å². The Morgan fingerprint density at radius 3 is 1.57 bits per heavy atom. The summed E-state index contributed by atoms with van der Waals surface area (Å²) in [6, 6.07) is 6.76. The zero-order chi connectivity index (χ0) is 38.0. The van der Waals surface area contributed by atoms with Crippen LogP contribution in [0, 0.1) is 17.8 Å². The minimum Gasteiger partial charge on any atom is -0.444 e. The van der Waals surface area contributed by atoms with Gasteiger partial charge >= 0.3 is 12.2 Å². The van der Waals surface area contributed by atoms with Crippen LogP contribution in [0.25, 0.3) is 0 Å². The van der Waals surface area contributed by atoms with Crippen molar-refractivity contribution in [3.05, 3.63) is 69.8 Å². The maximum atomic E-state index is 13.7. The Morgan fingerprint density at radius 2 is 1.07 bits per heavy atom. The van der Waals surface area contributed by atoms with Crippen molar-refractivity contribution in [1.29, 1.82) is 0 Å². The van der Waals surface area contributed by atoms with E-state index in [4.69, 9.17) is 9.47 Å². The van der Waals surface area contributed by atoms with Crippen molar-refractivity contribution in [1.82, 2.24) is 9.80 Å². The zero-order valence-corrected chi connectivity index (χ0v) is 35.9. The summed E-state index contributed by atoms with van der Waals surface area (Å²) in [7, 11) is 0. The predicted octanol–water partition coefficient (Wildman–Crippen LogP) is 3.94. The van der Waals surface area contributed by atoms with Crippen LogP contribution in [0.2, 0.25) is 0 Å². The minimum atomic E-state index is -1.66. The Balaban J connectivity index is 0.00000325. The molecule has 2 aliphatic heterocycles. The second-order valence-electron chi connectivity index (χ2n) is 15.7. The normalized spacial score (nSPS) is 22.0. The maximum absolute atomic E-state index is 13.7. The Labute approximate surface area is 356 Å². The number of amides is 2. The molecule has 0 aromatic heterocycles. The number of fused-ring (bicyclic) bond motifs is 2. The van der Waals surface area contributed by atoms with Crippen molar-refractivity contribution >= 4 is 112 Å². The molecule has 2 radical (unpaired) electrons. The molecule has 2 heterocycles. The molecular formula is C39H40N2Na2O11. The summed E-state index contributed by atoms with van der Waals surface area (Å²) >= 11 is 0. The van der Waals surface area contributed by atoms with Crippen molar-refractivity contribution < 1.29 is 52.6 Å². The molecule has 2 aliphatic carbocycles. The number of ether oxygens (including phenoxy) is 2. The molecule has 2 fully saturated rings. The van der Waals surface area contributed by atoms with Gasteiger partial charge in [0.15, 0.2) is 40.5 Å². The Bertz CT molecular complexity index is 1990. The van der Waals surface area contributed by atoms with Gasteiger partial charge in [-0.25, -0.2) is 9.59 Å². The van der Waals surface area contributed by atoms with E-state index in [0.29, 0.717) is 6.42 Å². The fraction of sp³-hybridized carbons (Fsp3) is 0.462. The van der Waals surface area contributed by atoms with Crippen LogP contribution in [-0.2, 0) is 19.1 Å². The van der Waals surface area contributed by atoms with E-state index >= 15 is 0 Å². The van der Waals surface area contributed by atoms with E-state index in [0.717, 1.165) is 0 Å². The molecule has 2 aromatic carbocycles. The first-order chi connectivity index (χ1) is 24.3. The number of ketones is 7. The average molecular weight is 759 g/mol. The Kier molecular flexibility index (Phi) is 12.9. The number of likely N-dealkylation sites (tertiary alicyclic amines) is 2. The van der Waals surface area contributed by atoms with Crippen molar-refractivity contribution in [2.75, 3.05) is 19.6 Å². The van der Waals surface area contributed by atoms with Gasteiger partial charge in [0.1, 0.15) is 23.0 Å². The van der Waals surface area contributed by atoms with E-state index in [1.165, 1.54) is 46.2 Å². The van der Waals surface area contributed by atoms with Gasteiger partial charge in [0.25, 0.3) is 0 Å². The molecule has 4 aliphatic rings. The van der Waals surface area contributed by atoms with Gasteiger partial charge in [-0.1, -0.05) is 12.1 Å². The molecule has 2 unspecified atom stereocenters. The van der Waals surface area contributed by atoms with Gasteiger partial charge in [-0.3, -0.25) is 38.5 Å². The molecule has 0 bridgehead atoms. The van der Waals surface area contributed by atoms with Gasteiger partial charge in [-0.05, 0) is 85.1 Å². The first-order valence-electron chi connectivity index (χ1n) is 17.3. The molecule has 274 valence electrons. The van der Waals surface area contributed by atoms with Crippen LogP contribution in [-0.4, -0.2) is 158 Å². The second-order valence-corrected chi connectivity index (χ2v) is 15.7. The van der Waals surface area contributed by atoms with Crippen LogP contribution in [0.15, 0.2) is 36.4 Å². The number of rotatable bonds is 6. The van der Waals surface area contributed by atoms with Gasteiger partial charge in [-0.2, -0.15) is 0 Å². The fourth-order valence-electron chi connectivity index (χ4n) is 7.27. The molecule has 6 rings (SSSR count). The van der Waals surface area contributed by atoms with Gasteiger partial charge < -0.3 is 14.4 Å². The van der Waals surface area contributed by atoms with Crippen LogP contribution in [0.1, 0.15) is 118 Å². The van der Waals surface area contributed by atoms with Crippen LogP contribution < -0.4 is 0 Å². The molecule has 2 amide bonds. The third kappa shape index (κ3) is 8.27. The summed E-state index contributed by atoms with van der Waals surface area (Å²) < 4.78 is 10.8. The Hall–Kier alpha value is -3.33. The SMILES string of the molecule is CC(C)(C)OC(=O)N1CC[C@@H](C(=O)C2C(=O)c3ccc(C(=O)c4ccc5c(c4)C(=O)C(C(=O)[C@H]4CCCN4C(=O)OC(C)(C)C)C5=O)cc3C2=O)C1.[Na].[Na]. The first-order valence-corrected chi connectivity index (χ1v) is 17.3. The third-order valence-corrected chi connectivity index (χ3v) is 9.69. The smallest absolute Gasteiger partial charge is 0.410 e. The second kappa shape index (κ2) is 16.0. The van der Waals surface area contributed by atoms with Crippen LogP contribution in [0.4, 0.5) is 9.59 Å². The monoisotopic (exact) mass is 758 g/mol. The molecule has 0 N–H and O–H groups in total. The molecule has 54 heavy (non-hydrogen) atoms. The number of Topliss-reactive ketones (excluding diaryl/α,β-unsaturated/α-hetero) is 6. The van der Waals surface area contributed by atoms with E-state index in [1.54, 1.807) is 41.5 Å². The van der Waals surface area contributed by atoms with Crippen molar-refractivity contribution in [2.45, 2.75) is 78.0 Å². The first kappa shape index (κ1) is 43.4. The van der Waals surface area contributed by atoms with Crippen molar-refractivity contribution in [3.63, 3.8) is 0 Å². The van der Waals surface area contributed by atoms with E-state index in [-0.39, 0.29) is 125 Å². The molecule has 2 aromatic rings. The van der Waals surface area contributed by atoms with Crippen molar-refractivity contribution in [3.8, 4) is 0 Å². The summed E-state index contributed by atoms with van der Waals surface area (Å²) in [5.74, 6) is -8.81. The summed E-state index contributed by atoms with van der Waals surface area (Å²) in [6.07, 6.45) is -0.263. The van der Waals surface area contributed by atoms with E-state index in [1.807, 2.05) is 0 Å². The van der Waals surface area contributed by atoms with Gasteiger partial charge in [0, 0.05) is 118 Å². The molecule has 13 nitrogen and oxygen atoms in total.